The van der Waals surface area contributed by atoms with Gasteiger partial charge >= 0.3 is 0 Å². The van der Waals surface area contributed by atoms with E-state index >= 15 is 0 Å². The maximum atomic E-state index is 12.2. The molecule has 0 bridgehead atoms. The molecule has 5 nitrogen and oxygen atoms in total. The minimum Gasteiger partial charge on any atom is -0.486 e. The predicted octanol–water partition coefficient (Wildman–Crippen LogP) is 2.39. The zero-order valence-corrected chi connectivity index (χ0v) is 13.7. The largest absolute Gasteiger partial charge is 0.486 e. The molecule has 2 aromatic carbocycles. The number of rotatable bonds is 5. The van der Waals surface area contributed by atoms with Crippen LogP contribution in [-0.2, 0) is 22.3 Å². The summed E-state index contributed by atoms with van der Waals surface area (Å²) in [5.74, 6) is 1.35. The van der Waals surface area contributed by atoms with Crippen LogP contribution in [0.2, 0.25) is 0 Å². The molecule has 0 radical (unpaired) electrons. The SMILES string of the molecule is Cc1cc2c(cc1CNS(=O)(=O)Cc1ccccc1)OCCO2. The Hall–Kier alpha value is -2.05. The van der Waals surface area contributed by atoms with E-state index in [9.17, 15) is 8.42 Å². The molecule has 0 fully saturated rings. The highest BCUT2D eigenvalue weighted by Crippen LogP contribution is 2.33. The Bertz CT molecular complexity index is 788. The Balaban J connectivity index is 1.70. The average Bonchev–Trinajstić information content (AvgIpc) is 2.53. The quantitative estimate of drug-likeness (QED) is 0.912. The number of hydrogen-bond acceptors (Lipinski definition) is 4. The molecule has 0 spiro atoms. The first-order chi connectivity index (χ1) is 11.0. The molecule has 0 aromatic heterocycles. The number of hydrogen-bond donors (Lipinski definition) is 1. The Kier molecular flexibility index (Phi) is 4.54. The summed E-state index contributed by atoms with van der Waals surface area (Å²) in [6.45, 7) is 3.21. The third kappa shape index (κ3) is 4.03. The van der Waals surface area contributed by atoms with Crippen LogP contribution in [0, 0.1) is 6.92 Å². The van der Waals surface area contributed by atoms with Crippen molar-refractivity contribution in [1.82, 2.24) is 4.72 Å². The zero-order valence-electron chi connectivity index (χ0n) is 12.9. The smallest absolute Gasteiger partial charge is 0.216 e. The minimum atomic E-state index is -3.39. The normalized spacial score (nSPS) is 13.8. The van der Waals surface area contributed by atoms with Crippen molar-refractivity contribution in [3.63, 3.8) is 0 Å². The van der Waals surface area contributed by atoms with E-state index in [1.54, 1.807) is 12.1 Å². The zero-order chi connectivity index (χ0) is 16.3. The molecule has 122 valence electrons. The maximum Gasteiger partial charge on any atom is 0.216 e. The summed E-state index contributed by atoms with van der Waals surface area (Å²) >= 11 is 0. The van der Waals surface area contributed by atoms with Crippen LogP contribution in [0.4, 0.5) is 0 Å². The van der Waals surface area contributed by atoms with E-state index in [0.717, 1.165) is 16.7 Å². The Morgan fingerprint density at radius 3 is 2.39 bits per heavy atom. The van der Waals surface area contributed by atoms with Crippen LogP contribution in [0.25, 0.3) is 0 Å². The molecule has 0 unspecified atom stereocenters. The molecule has 2 aromatic rings. The lowest BCUT2D eigenvalue weighted by Crippen LogP contribution is -2.25. The number of ether oxygens (including phenoxy) is 2. The summed E-state index contributed by atoms with van der Waals surface area (Å²) in [6, 6.07) is 12.8. The van der Waals surface area contributed by atoms with Crippen molar-refractivity contribution in [2.75, 3.05) is 13.2 Å². The summed E-state index contributed by atoms with van der Waals surface area (Å²) in [5, 5.41) is 0. The second-order valence-electron chi connectivity index (χ2n) is 5.49. The van der Waals surface area contributed by atoms with Crippen LogP contribution < -0.4 is 14.2 Å². The molecule has 3 rings (SSSR count). The van der Waals surface area contributed by atoms with E-state index < -0.39 is 10.0 Å². The molecular weight excluding hydrogens is 314 g/mol. The molecule has 1 N–H and O–H groups in total. The fraction of sp³-hybridized carbons (Fsp3) is 0.294. The van der Waals surface area contributed by atoms with Crippen molar-refractivity contribution in [3.8, 4) is 11.5 Å². The second kappa shape index (κ2) is 6.60. The summed E-state index contributed by atoms with van der Waals surface area (Å²) in [6.07, 6.45) is 0. The molecule has 6 heteroatoms. The summed E-state index contributed by atoms with van der Waals surface area (Å²) in [7, 11) is -3.39. The van der Waals surface area contributed by atoms with Gasteiger partial charge in [-0.2, -0.15) is 0 Å². The standard InChI is InChI=1S/C17H19NO4S/c1-13-9-16-17(22-8-7-21-16)10-15(13)11-18-23(19,20)12-14-5-3-2-4-6-14/h2-6,9-10,18H,7-8,11-12H2,1H3. The van der Waals surface area contributed by atoms with Gasteiger partial charge in [0.25, 0.3) is 0 Å². The number of benzene rings is 2. The van der Waals surface area contributed by atoms with E-state index in [4.69, 9.17) is 9.47 Å². The van der Waals surface area contributed by atoms with Crippen molar-refractivity contribution in [3.05, 3.63) is 59.2 Å². The van der Waals surface area contributed by atoms with Crippen LogP contribution in [0.15, 0.2) is 42.5 Å². The predicted molar refractivity (Wildman–Crippen MR) is 88.1 cm³/mol. The molecule has 0 saturated heterocycles. The molecular formula is C17H19NO4S. The lowest BCUT2D eigenvalue weighted by Gasteiger charge is -2.20. The highest BCUT2D eigenvalue weighted by Gasteiger charge is 2.16. The van der Waals surface area contributed by atoms with Crippen molar-refractivity contribution >= 4 is 10.0 Å². The van der Waals surface area contributed by atoms with E-state index in [1.807, 2.05) is 37.3 Å². The summed E-state index contributed by atoms with van der Waals surface area (Å²) in [4.78, 5) is 0. The van der Waals surface area contributed by atoms with Gasteiger partial charge < -0.3 is 9.47 Å². The van der Waals surface area contributed by atoms with Crippen LogP contribution in [0.3, 0.4) is 0 Å². The molecule has 1 aliphatic rings. The van der Waals surface area contributed by atoms with Crippen molar-refractivity contribution < 1.29 is 17.9 Å². The van der Waals surface area contributed by atoms with Gasteiger partial charge in [-0.3, -0.25) is 0 Å². The molecule has 0 aliphatic carbocycles. The topological polar surface area (TPSA) is 64.6 Å². The number of nitrogens with one attached hydrogen (secondary N) is 1. The van der Waals surface area contributed by atoms with Crippen molar-refractivity contribution in [2.45, 2.75) is 19.2 Å². The molecule has 1 heterocycles. The van der Waals surface area contributed by atoms with Gasteiger partial charge in [-0.25, -0.2) is 13.1 Å². The van der Waals surface area contributed by atoms with Crippen LogP contribution in [-0.4, -0.2) is 21.6 Å². The molecule has 0 atom stereocenters. The molecule has 0 saturated carbocycles. The van der Waals surface area contributed by atoms with Gasteiger partial charge in [0, 0.05) is 6.54 Å². The molecule has 0 amide bonds. The highest BCUT2D eigenvalue weighted by atomic mass is 32.2. The average molecular weight is 333 g/mol. The fourth-order valence-electron chi connectivity index (χ4n) is 2.46. The Morgan fingerprint density at radius 1 is 1.04 bits per heavy atom. The van der Waals surface area contributed by atoms with Crippen molar-refractivity contribution in [2.24, 2.45) is 0 Å². The van der Waals surface area contributed by atoms with Crippen LogP contribution in [0.5, 0.6) is 11.5 Å². The summed E-state index contributed by atoms with van der Waals surface area (Å²) < 4.78 is 38.1. The van der Waals surface area contributed by atoms with E-state index in [-0.39, 0.29) is 12.3 Å². The van der Waals surface area contributed by atoms with Gasteiger partial charge in [0.1, 0.15) is 13.2 Å². The van der Waals surface area contributed by atoms with Crippen LogP contribution >= 0.6 is 0 Å². The Morgan fingerprint density at radius 2 is 1.70 bits per heavy atom. The second-order valence-corrected chi connectivity index (χ2v) is 7.29. The van der Waals surface area contributed by atoms with Gasteiger partial charge in [-0.05, 0) is 35.7 Å². The first-order valence-electron chi connectivity index (χ1n) is 7.44. The van der Waals surface area contributed by atoms with Gasteiger partial charge in [-0.15, -0.1) is 0 Å². The Labute approximate surface area is 136 Å². The third-order valence-electron chi connectivity index (χ3n) is 3.68. The minimum absolute atomic E-state index is 0.0303. The first-order valence-corrected chi connectivity index (χ1v) is 9.09. The number of sulfonamides is 1. The highest BCUT2D eigenvalue weighted by molar-refractivity contribution is 7.88. The van der Waals surface area contributed by atoms with E-state index in [1.165, 1.54) is 0 Å². The van der Waals surface area contributed by atoms with Crippen LogP contribution in [0.1, 0.15) is 16.7 Å². The summed E-state index contributed by atoms with van der Waals surface area (Å²) in [5.41, 5.74) is 2.61. The third-order valence-corrected chi connectivity index (χ3v) is 4.98. The first kappa shape index (κ1) is 15.8. The number of fused-ring (bicyclic) bond motifs is 1. The van der Waals surface area contributed by atoms with Crippen molar-refractivity contribution in [1.29, 1.82) is 0 Å². The van der Waals surface area contributed by atoms with E-state index in [0.29, 0.717) is 24.7 Å². The molecule has 23 heavy (non-hydrogen) atoms. The lowest BCUT2D eigenvalue weighted by molar-refractivity contribution is 0.171. The van der Waals surface area contributed by atoms with Gasteiger partial charge in [0.2, 0.25) is 10.0 Å². The lowest BCUT2D eigenvalue weighted by atomic mass is 10.1. The van der Waals surface area contributed by atoms with Gasteiger partial charge in [0.05, 0.1) is 5.75 Å². The van der Waals surface area contributed by atoms with Gasteiger partial charge in [-0.1, -0.05) is 30.3 Å². The fourth-order valence-corrected chi connectivity index (χ4v) is 3.56. The maximum absolute atomic E-state index is 12.2. The molecule has 1 aliphatic heterocycles. The monoisotopic (exact) mass is 333 g/mol. The number of aryl methyl sites for hydroxylation is 1. The van der Waals surface area contributed by atoms with Gasteiger partial charge in [0.15, 0.2) is 11.5 Å². The van der Waals surface area contributed by atoms with E-state index in [2.05, 4.69) is 4.72 Å².